The number of hydrogen-bond acceptors (Lipinski definition) is 6. The minimum Gasteiger partial charge on any atom is -0.274 e. The highest BCUT2D eigenvalue weighted by Crippen LogP contribution is 2.27. The third-order valence-corrected chi connectivity index (χ3v) is 5.17. The van der Waals surface area contributed by atoms with Gasteiger partial charge in [-0.05, 0) is 25.0 Å². The maximum absolute atomic E-state index is 12.2. The van der Waals surface area contributed by atoms with Gasteiger partial charge in [0.1, 0.15) is 15.9 Å². The van der Waals surface area contributed by atoms with E-state index in [4.69, 9.17) is 0 Å². The predicted molar refractivity (Wildman–Crippen MR) is 70.1 cm³/mol. The maximum atomic E-state index is 12.2. The lowest BCUT2D eigenvalue weighted by molar-refractivity contribution is -0.125. The summed E-state index contributed by atoms with van der Waals surface area (Å²) >= 11 is 0.947. The van der Waals surface area contributed by atoms with Gasteiger partial charge >= 0.3 is 0 Å². The van der Waals surface area contributed by atoms with E-state index in [1.807, 2.05) is 0 Å². The van der Waals surface area contributed by atoms with E-state index in [-0.39, 0.29) is 10.8 Å². The molecular weight excluding hydrogens is 286 g/mol. The van der Waals surface area contributed by atoms with Crippen LogP contribution in [0.15, 0.2) is 23.1 Å². The topological polar surface area (TPSA) is 89.0 Å². The molecule has 6 nitrogen and oxygen atoms in total. The molecule has 0 spiro atoms. The summed E-state index contributed by atoms with van der Waals surface area (Å²) < 4.78 is 34.5. The smallest absolute Gasteiger partial charge is 0.266 e. The van der Waals surface area contributed by atoms with Crippen LogP contribution in [0.25, 0.3) is 11.0 Å². The van der Waals surface area contributed by atoms with Gasteiger partial charge in [-0.1, -0.05) is 12.5 Å². The van der Waals surface area contributed by atoms with E-state index in [1.54, 1.807) is 12.1 Å². The number of amides is 1. The zero-order valence-electron chi connectivity index (χ0n) is 9.87. The Bertz CT molecular complexity index is 734. The number of nitrogens with one attached hydrogen (secondary N) is 1. The first-order valence-corrected chi connectivity index (χ1v) is 8.07. The van der Waals surface area contributed by atoms with Crippen molar-refractivity contribution in [3.8, 4) is 0 Å². The molecule has 1 saturated carbocycles. The van der Waals surface area contributed by atoms with Crippen molar-refractivity contribution in [3.63, 3.8) is 0 Å². The van der Waals surface area contributed by atoms with Crippen molar-refractivity contribution in [1.29, 1.82) is 0 Å². The molecule has 0 unspecified atom stereocenters. The molecule has 100 valence electrons. The second-order valence-corrected chi connectivity index (χ2v) is 6.66. The van der Waals surface area contributed by atoms with Crippen molar-refractivity contribution < 1.29 is 13.2 Å². The molecule has 0 radical (unpaired) electrons. The molecule has 0 bridgehead atoms. The molecule has 1 aliphatic carbocycles. The largest absolute Gasteiger partial charge is 0.274 e. The fourth-order valence-electron chi connectivity index (χ4n) is 1.94. The minimum absolute atomic E-state index is 0.00595. The number of rotatable bonds is 3. The Morgan fingerprint density at radius 1 is 1.32 bits per heavy atom. The lowest BCUT2D eigenvalue weighted by Gasteiger charge is -2.23. The molecule has 1 amide bonds. The lowest BCUT2D eigenvalue weighted by atomic mass is 9.85. The molecule has 19 heavy (non-hydrogen) atoms. The third kappa shape index (κ3) is 2.21. The summed E-state index contributed by atoms with van der Waals surface area (Å²) in [6.45, 7) is 0. The summed E-state index contributed by atoms with van der Waals surface area (Å²) in [6, 6.07) is 4.71. The van der Waals surface area contributed by atoms with Crippen molar-refractivity contribution in [2.45, 2.75) is 24.2 Å². The second-order valence-electron chi connectivity index (χ2n) is 4.49. The summed E-state index contributed by atoms with van der Waals surface area (Å²) in [4.78, 5) is 11.8. The first-order chi connectivity index (χ1) is 9.08. The van der Waals surface area contributed by atoms with Gasteiger partial charge in [0.25, 0.3) is 10.0 Å². The van der Waals surface area contributed by atoms with Crippen LogP contribution in [0.5, 0.6) is 0 Å². The highest BCUT2D eigenvalue weighted by atomic mass is 32.2. The van der Waals surface area contributed by atoms with Crippen molar-refractivity contribution >= 4 is 38.7 Å². The summed E-state index contributed by atoms with van der Waals surface area (Å²) in [5, 5.41) is 0. The Kier molecular flexibility index (Phi) is 2.98. The molecule has 1 N–H and O–H groups in total. The van der Waals surface area contributed by atoms with E-state index in [1.165, 1.54) is 6.07 Å². The average molecular weight is 297 g/mol. The fraction of sp³-hybridized carbons (Fsp3) is 0.364. The van der Waals surface area contributed by atoms with Crippen LogP contribution in [0, 0.1) is 5.92 Å². The first-order valence-electron chi connectivity index (χ1n) is 5.86. The van der Waals surface area contributed by atoms with Gasteiger partial charge in [0, 0.05) is 5.92 Å². The van der Waals surface area contributed by atoms with Gasteiger partial charge in [0.2, 0.25) is 5.91 Å². The SMILES string of the molecule is O=C(NS(=O)(=O)c1cccc2nsnc12)C1CCC1. The van der Waals surface area contributed by atoms with Crippen molar-refractivity contribution in [2.75, 3.05) is 0 Å². The molecule has 1 heterocycles. The van der Waals surface area contributed by atoms with Crippen molar-refractivity contribution in [3.05, 3.63) is 18.2 Å². The molecule has 1 aromatic heterocycles. The van der Waals surface area contributed by atoms with Crippen LogP contribution >= 0.6 is 11.7 Å². The molecule has 3 rings (SSSR count). The maximum Gasteiger partial charge on any atom is 0.266 e. The van der Waals surface area contributed by atoms with Crippen LogP contribution in [-0.4, -0.2) is 23.1 Å². The quantitative estimate of drug-likeness (QED) is 0.922. The Morgan fingerprint density at radius 2 is 2.11 bits per heavy atom. The summed E-state index contributed by atoms with van der Waals surface area (Å²) in [5.74, 6) is -0.603. The van der Waals surface area contributed by atoms with Gasteiger partial charge in [-0.2, -0.15) is 8.75 Å². The first kappa shape index (κ1) is 12.5. The van der Waals surface area contributed by atoms with E-state index < -0.39 is 15.9 Å². The van der Waals surface area contributed by atoms with Gasteiger partial charge in [-0.3, -0.25) is 4.79 Å². The second kappa shape index (κ2) is 4.53. The van der Waals surface area contributed by atoms with E-state index in [2.05, 4.69) is 13.5 Å². The number of hydrogen-bond donors (Lipinski definition) is 1. The number of sulfonamides is 1. The Labute approximate surface area is 114 Å². The molecule has 1 fully saturated rings. The van der Waals surface area contributed by atoms with Gasteiger partial charge in [-0.25, -0.2) is 13.1 Å². The Morgan fingerprint density at radius 3 is 2.79 bits per heavy atom. The molecule has 1 aromatic carbocycles. The summed E-state index contributed by atoms with van der Waals surface area (Å²) in [6.07, 6.45) is 2.48. The normalized spacial score (nSPS) is 16.2. The van der Waals surface area contributed by atoms with E-state index in [0.29, 0.717) is 11.0 Å². The fourth-order valence-corrected chi connectivity index (χ4v) is 3.75. The van der Waals surface area contributed by atoms with Gasteiger partial charge in [0.05, 0.1) is 11.7 Å². The van der Waals surface area contributed by atoms with Crippen molar-refractivity contribution in [2.24, 2.45) is 5.92 Å². The van der Waals surface area contributed by atoms with Crippen LogP contribution < -0.4 is 4.72 Å². The highest BCUT2D eigenvalue weighted by molar-refractivity contribution is 7.90. The van der Waals surface area contributed by atoms with E-state index in [0.717, 1.165) is 31.0 Å². The van der Waals surface area contributed by atoms with Crippen LogP contribution in [-0.2, 0) is 14.8 Å². The van der Waals surface area contributed by atoms with Gasteiger partial charge in [0.15, 0.2) is 0 Å². The zero-order valence-corrected chi connectivity index (χ0v) is 11.5. The summed E-state index contributed by atoms with van der Waals surface area (Å²) in [5.41, 5.74) is 0.824. The molecule has 0 aliphatic heterocycles. The zero-order chi connectivity index (χ0) is 13.5. The van der Waals surface area contributed by atoms with Gasteiger partial charge < -0.3 is 0 Å². The van der Waals surface area contributed by atoms with Gasteiger partial charge in [-0.15, -0.1) is 0 Å². The van der Waals surface area contributed by atoms with E-state index >= 15 is 0 Å². The van der Waals surface area contributed by atoms with Crippen molar-refractivity contribution in [1.82, 2.24) is 13.5 Å². The molecule has 0 saturated heterocycles. The number of fused-ring (bicyclic) bond motifs is 1. The molecule has 0 atom stereocenters. The Balaban J connectivity index is 1.95. The van der Waals surface area contributed by atoms with E-state index in [9.17, 15) is 13.2 Å². The Hall–Kier alpha value is -1.54. The highest BCUT2D eigenvalue weighted by Gasteiger charge is 2.30. The summed E-state index contributed by atoms with van der Waals surface area (Å²) in [7, 11) is -3.87. The monoisotopic (exact) mass is 297 g/mol. The predicted octanol–water partition coefficient (Wildman–Crippen LogP) is 1.30. The number of nitrogens with zero attached hydrogens (tertiary/aromatic N) is 2. The lowest BCUT2D eigenvalue weighted by Crippen LogP contribution is -2.38. The molecular formula is C11H11N3O3S2. The standard InChI is InChI=1S/C11H11N3O3S2/c15-11(7-3-1-4-7)14-19(16,17)9-6-2-5-8-10(9)13-18-12-8/h2,5-7H,1,3-4H2,(H,14,15). The number of benzene rings is 1. The van der Waals surface area contributed by atoms with Crippen LogP contribution in [0.4, 0.5) is 0 Å². The third-order valence-electron chi connectivity index (χ3n) is 3.25. The average Bonchev–Trinajstić information content (AvgIpc) is 2.72. The van der Waals surface area contributed by atoms with Crippen LogP contribution in [0.2, 0.25) is 0 Å². The molecule has 2 aromatic rings. The molecule has 1 aliphatic rings. The number of carbonyl (C=O) groups is 1. The van der Waals surface area contributed by atoms with Crippen LogP contribution in [0.1, 0.15) is 19.3 Å². The van der Waals surface area contributed by atoms with Crippen LogP contribution in [0.3, 0.4) is 0 Å². The number of aromatic nitrogens is 2. The minimum atomic E-state index is -3.87. The molecule has 8 heteroatoms. The number of carbonyl (C=O) groups excluding carboxylic acids is 1.